The smallest absolute Gasteiger partial charge is 0.252 e. The maximum atomic E-state index is 12.8. The Morgan fingerprint density at radius 3 is 2.69 bits per heavy atom. The lowest BCUT2D eigenvalue weighted by Crippen LogP contribution is -2.45. The van der Waals surface area contributed by atoms with Gasteiger partial charge >= 0.3 is 0 Å². The topological polar surface area (TPSA) is 66.5 Å². The highest BCUT2D eigenvalue weighted by atomic mass is 32.2. The van der Waals surface area contributed by atoms with Crippen LogP contribution in [0.5, 0.6) is 0 Å². The number of carbonyl (C=O) groups excluding carboxylic acids is 1. The minimum absolute atomic E-state index is 0.0482. The van der Waals surface area contributed by atoms with Gasteiger partial charge in [0, 0.05) is 13.1 Å². The average molecular weight is 393 g/mol. The Labute approximate surface area is 159 Å². The van der Waals surface area contributed by atoms with E-state index in [9.17, 15) is 13.2 Å². The van der Waals surface area contributed by atoms with Crippen molar-refractivity contribution in [2.75, 3.05) is 13.1 Å². The van der Waals surface area contributed by atoms with Gasteiger partial charge in [0.25, 0.3) is 10.0 Å². The number of hydrogen-bond acceptors (Lipinski definition) is 4. The van der Waals surface area contributed by atoms with E-state index in [2.05, 4.69) is 5.32 Å². The molecule has 0 unspecified atom stereocenters. The largest absolute Gasteiger partial charge is 0.349 e. The van der Waals surface area contributed by atoms with Gasteiger partial charge in [0.15, 0.2) is 0 Å². The highest BCUT2D eigenvalue weighted by Gasteiger charge is 2.34. The van der Waals surface area contributed by atoms with E-state index in [1.807, 2.05) is 37.3 Å². The van der Waals surface area contributed by atoms with Crippen LogP contribution in [0.2, 0.25) is 0 Å². The molecule has 26 heavy (non-hydrogen) atoms. The van der Waals surface area contributed by atoms with Crippen LogP contribution in [-0.4, -0.2) is 31.7 Å². The number of nitrogens with zero attached hydrogens (tertiary/aromatic N) is 1. The predicted octanol–water partition coefficient (Wildman–Crippen LogP) is 3.42. The minimum Gasteiger partial charge on any atom is -0.349 e. The van der Waals surface area contributed by atoms with Crippen LogP contribution in [0.25, 0.3) is 0 Å². The van der Waals surface area contributed by atoms with Crippen LogP contribution in [0, 0.1) is 5.92 Å². The van der Waals surface area contributed by atoms with Gasteiger partial charge in [-0.2, -0.15) is 4.31 Å². The van der Waals surface area contributed by atoms with E-state index in [1.54, 1.807) is 17.5 Å². The Kier molecular flexibility index (Phi) is 6.11. The van der Waals surface area contributed by atoms with Gasteiger partial charge in [-0.3, -0.25) is 4.79 Å². The van der Waals surface area contributed by atoms with Crippen LogP contribution in [0.4, 0.5) is 0 Å². The highest BCUT2D eigenvalue weighted by Crippen LogP contribution is 2.27. The second-order valence-corrected chi connectivity index (χ2v) is 9.63. The van der Waals surface area contributed by atoms with Gasteiger partial charge in [-0.05, 0) is 36.3 Å². The van der Waals surface area contributed by atoms with Crippen LogP contribution >= 0.6 is 11.3 Å². The molecular weight excluding hydrogens is 368 g/mol. The zero-order valence-electron chi connectivity index (χ0n) is 14.8. The summed E-state index contributed by atoms with van der Waals surface area (Å²) in [7, 11) is -3.50. The molecule has 2 aromatic rings. The molecule has 2 atom stereocenters. The van der Waals surface area contributed by atoms with Crippen LogP contribution in [-0.2, 0) is 14.8 Å². The molecule has 1 saturated heterocycles. The minimum atomic E-state index is -3.50. The molecule has 1 amide bonds. The van der Waals surface area contributed by atoms with E-state index >= 15 is 0 Å². The Bertz CT molecular complexity index is 820. The van der Waals surface area contributed by atoms with Crippen molar-refractivity contribution in [1.29, 1.82) is 0 Å². The van der Waals surface area contributed by atoms with E-state index in [4.69, 9.17) is 0 Å². The molecule has 1 aromatic heterocycles. The molecule has 1 aliphatic heterocycles. The molecule has 1 fully saturated rings. The standard InChI is InChI=1S/C19H24N2O3S2/c1-2-17(15-8-4-3-5-9-15)20-19(22)16-10-6-12-21(14-16)26(23,24)18-11-7-13-25-18/h3-5,7-9,11,13,16-17H,2,6,10,12,14H2,1H3,(H,20,22)/t16-,17-/m1/s1. The first-order valence-corrected chi connectivity index (χ1v) is 11.2. The van der Waals surface area contributed by atoms with Crippen LogP contribution in [0.1, 0.15) is 37.8 Å². The van der Waals surface area contributed by atoms with Gasteiger partial charge in [0.05, 0.1) is 12.0 Å². The summed E-state index contributed by atoms with van der Waals surface area (Å²) in [5.41, 5.74) is 1.07. The second-order valence-electron chi connectivity index (χ2n) is 6.51. The number of nitrogens with one attached hydrogen (secondary N) is 1. The Hall–Kier alpha value is -1.70. The molecule has 0 bridgehead atoms. The maximum absolute atomic E-state index is 12.8. The number of hydrogen-bond donors (Lipinski definition) is 1. The molecule has 2 heterocycles. The second kappa shape index (κ2) is 8.33. The summed E-state index contributed by atoms with van der Waals surface area (Å²) in [6.07, 6.45) is 2.21. The van der Waals surface area contributed by atoms with E-state index < -0.39 is 10.0 Å². The first kappa shape index (κ1) is 19.1. The Balaban J connectivity index is 1.68. The van der Waals surface area contributed by atoms with Gasteiger partial charge in [-0.25, -0.2) is 8.42 Å². The molecule has 7 heteroatoms. The maximum Gasteiger partial charge on any atom is 0.252 e. The number of rotatable bonds is 6. The summed E-state index contributed by atoms with van der Waals surface area (Å²) in [6.45, 7) is 2.75. The lowest BCUT2D eigenvalue weighted by molar-refractivity contribution is -0.126. The molecule has 0 aliphatic carbocycles. The summed E-state index contributed by atoms with van der Waals surface area (Å²) in [4.78, 5) is 12.8. The normalized spacial score (nSPS) is 19.8. The fourth-order valence-electron chi connectivity index (χ4n) is 3.31. The summed E-state index contributed by atoms with van der Waals surface area (Å²) < 4.78 is 27.2. The number of sulfonamides is 1. The number of thiophene rings is 1. The third-order valence-electron chi connectivity index (χ3n) is 4.77. The number of carbonyl (C=O) groups is 1. The Morgan fingerprint density at radius 2 is 2.04 bits per heavy atom. The molecule has 5 nitrogen and oxygen atoms in total. The van der Waals surface area contributed by atoms with E-state index in [1.165, 1.54) is 15.6 Å². The fraction of sp³-hybridized carbons (Fsp3) is 0.421. The summed E-state index contributed by atoms with van der Waals surface area (Å²) >= 11 is 1.21. The number of benzene rings is 1. The fourth-order valence-corrected chi connectivity index (χ4v) is 5.98. The molecule has 0 saturated carbocycles. The summed E-state index contributed by atoms with van der Waals surface area (Å²) in [5.74, 6) is -0.372. The Morgan fingerprint density at radius 1 is 1.27 bits per heavy atom. The average Bonchev–Trinajstić information content (AvgIpc) is 3.22. The van der Waals surface area contributed by atoms with Crippen molar-refractivity contribution in [2.24, 2.45) is 5.92 Å². The van der Waals surface area contributed by atoms with Crippen molar-refractivity contribution in [3.8, 4) is 0 Å². The molecule has 0 radical (unpaired) electrons. The van der Waals surface area contributed by atoms with Crippen molar-refractivity contribution < 1.29 is 13.2 Å². The van der Waals surface area contributed by atoms with Crippen molar-refractivity contribution in [2.45, 2.75) is 36.4 Å². The van der Waals surface area contributed by atoms with Crippen LogP contribution in [0.15, 0.2) is 52.1 Å². The molecule has 1 aliphatic rings. The molecule has 0 spiro atoms. The first-order valence-electron chi connectivity index (χ1n) is 8.91. The molecule has 140 valence electrons. The molecule has 1 N–H and O–H groups in total. The summed E-state index contributed by atoms with van der Waals surface area (Å²) in [6, 6.07) is 13.2. The van der Waals surface area contributed by atoms with Crippen molar-refractivity contribution in [1.82, 2.24) is 9.62 Å². The van der Waals surface area contributed by atoms with Crippen LogP contribution < -0.4 is 5.32 Å². The van der Waals surface area contributed by atoms with Crippen molar-refractivity contribution in [3.05, 3.63) is 53.4 Å². The molecule has 3 rings (SSSR count). The van der Waals surface area contributed by atoms with Gasteiger partial charge in [0.1, 0.15) is 4.21 Å². The van der Waals surface area contributed by atoms with Gasteiger partial charge in [0.2, 0.25) is 5.91 Å². The first-order chi connectivity index (χ1) is 12.5. The van der Waals surface area contributed by atoms with Gasteiger partial charge < -0.3 is 5.32 Å². The van der Waals surface area contributed by atoms with Crippen molar-refractivity contribution >= 4 is 27.3 Å². The monoisotopic (exact) mass is 392 g/mol. The third kappa shape index (κ3) is 4.16. The highest BCUT2D eigenvalue weighted by molar-refractivity contribution is 7.91. The van der Waals surface area contributed by atoms with Gasteiger partial charge in [-0.1, -0.05) is 43.3 Å². The zero-order valence-corrected chi connectivity index (χ0v) is 16.4. The number of piperidine rings is 1. The van der Waals surface area contributed by atoms with Gasteiger partial charge in [-0.15, -0.1) is 11.3 Å². The zero-order chi connectivity index (χ0) is 18.6. The number of amides is 1. The lowest BCUT2D eigenvalue weighted by atomic mass is 9.97. The molecule has 1 aromatic carbocycles. The van der Waals surface area contributed by atoms with E-state index in [0.29, 0.717) is 23.6 Å². The van der Waals surface area contributed by atoms with Crippen molar-refractivity contribution in [3.63, 3.8) is 0 Å². The predicted molar refractivity (Wildman–Crippen MR) is 103 cm³/mol. The van der Waals surface area contributed by atoms with E-state index in [-0.39, 0.29) is 24.4 Å². The third-order valence-corrected chi connectivity index (χ3v) is 8.01. The lowest BCUT2D eigenvalue weighted by Gasteiger charge is -2.31. The summed E-state index contributed by atoms with van der Waals surface area (Å²) in [5, 5.41) is 4.86. The van der Waals surface area contributed by atoms with Crippen LogP contribution in [0.3, 0.4) is 0 Å². The SMILES string of the molecule is CC[C@@H](NC(=O)[C@@H]1CCCN(S(=O)(=O)c2cccs2)C1)c1ccccc1. The van der Waals surface area contributed by atoms with E-state index in [0.717, 1.165) is 12.0 Å². The molecular formula is C19H24N2O3S2. The quantitative estimate of drug-likeness (QED) is 0.819.